The highest BCUT2D eigenvalue weighted by Crippen LogP contribution is 2.21. The molecule has 0 saturated carbocycles. The number of hydrogen-bond acceptors (Lipinski definition) is 5. The molecule has 94 valence electrons. The number of aliphatic carboxylic acids is 1. The molecule has 6 nitrogen and oxygen atoms in total. The number of carbonyl (C=O) groups is 1. The fourth-order valence-electron chi connectivity index (χ4n) is 2.13. The molecule has 1 aliphatic heterocycles. The zero-order valence-corrected chi connectivity index (χ0v) is 9.83. The van der Waals surface area contributed by atoms with Crippen molar-refractivity contribution in [3.05, 3.63) is 29.6 Å². The molecule has 1 aromatic heterocycles. The smallest absolute Gasteiger partial charge is 0.325 e. The number of pyridine rings is 1. The highest BCUT2D eigenvalue weighted by Gasteiger charge is 2.41. The number of carboxylic acids is 1. The first kappa shape index (κ1) is 12.5. The fourth-order valence-corrected chi connectivity index (χ4v) is 2.13. The van der Waals surface area contributed by atoms with Crippen LogP contribution >= 0.6 is 0 Å². The van der Waals surface area contributed by atoms with Gasteiger partial charge in [-0.25, -0.2) is 4.98 Å². The van der Waals surface area contributed by atoms with Crippen molar-refractivity contribution >= 4 is 5.97 Å². The molecule has 1 aromatic rings. The third-order valence-electron chi connectivity index (χ3n) is 3.20. The lowest BCUT2D eigenvalue weighted by atomic mass is 10.0. The molecule has 1 aliphatic rings. The fraction of sp³-hybridized carbons (Fsp3) is 0.417. The third-order valence-corrected chi connectivity index (χ3v) is 3.20. The number of nitrogens with zero attached hydrogens (tertiary/aromatic N) is 3. The number of likely N-dealkylation sites (tertiary alicyclic amines) is 1. The molecule has 6 heteroatoms. The molecule has 0 aromatic carbocycles. The second kappa shape index (κ2) is 4.72. The van der Waals surface area contributed by atoms with Gasteiger partial charge in [-0.3, -0.25) is 9.69 Å². The lowest BCUT2D eigenvalue weighted by Gasteiger charge is -2.20. The largest absolute Gasteiger partial charge is 0.480 e. The van der Waals surface area contributed by atoms with Crippen molar-refractivity contribution in [3.8, 4) is 6.07 Å². The van der Waals surface area contributed by atoms with Crippen LogP contribution in [0.2, 0.25) is 0 Å². The highest BCUT2D eigenvalue weighted by atomic mass is 16.4. The lowest BCUT2D eigenvalue weighted by molar-refractivity contribution is -0.142. The van der Waals surface area contributed by atoms with E-state index in [1.807, 2.05) is 17.0 Å². The van der Waals surface area contributed by atoms with Crippen LogP contribution in [0, 0.1) is 11.3 Å². The Bertz CT molecular complexity index is 511. The number of hydrogen-bond donors (Lipinski definition) is 2. The Hall–Kier alpha value is -1.97. The van der Waals surface area contributed by atoms with E-state index in [2.05, 4.69) is 4.98 Å². The van der Waals surface area contributed by atoms with Crippen LogP contribution in [-0.2, 0) is 11.3 Å². The molecule has 3 N–H and O–H groups in total. The number of nitrogens with two attached hydrogens (primary N) is 1. The zero-order valence-electron chi connectivity index (χ0n) is 9.83. The second-order valence-electron chi connectivity index (χ2n) is 4.54. The van der Waals surface area contributed by atoms with E-state index in [0.717, 1.165) is 5.56 Å². The minimum absolute atomic E-state index is 0.294. The minimum atomic E-state index is -1.17. The van der Waals surface area contributed by atoms with Crippen molar-refractivity contribution in [1.29, 1.82) is 5.26 Å². The first-order chi connectivity index (χ1) is 8.55. The Labute approximate surface area is 105 Å². The Morgan fingerprint density at radius 2 is 2.50 bits per heavy atom. The molecule has 2 rings (SSSR count). The summed E-state index contributed by atoms with van der Waals surface area (Å²) >= 11 is 0. The maximum atomic E-state index is 11.0. The number of rotatable bonds is 3. The number of nitriles is 1. The van der Waals surface area contributed by atoms with Gasteiger partial charge in [0, 0.05) is 31.4 Å². The van der Waals surface area contributed by atoms with Gasteiger partial charge < -0.3 is 10.8 Å². The Balaban J connectivity index is 2.09. The highest BCUT2D eigenvalue weighted by molar-refractivity contribution is 5.79. The normalized spacial score (nSPS) is 23.8. The predicted octanol–water partition coefficient (Wildman–Crippen LogP) is -0.0589. The van der Waals surface area contributed by atoms with Crippen molar-refractivity contribution < 1.29 is 9.90 Å². The maximum absolute atomic E-state index is 11.0. The van der Waals surface area contributed by atoms with Gasteiger partial charge in [0.05, 0.1) is 0 Å². The van der Waals surface area contributed by atoms with Crippen LogP contribution in [0.4, 0.5) is 0 Å². The van der Waals surface area contributed by atoms with Crippen molar-refractivity contribution in [2.45, 2.75) is 18.5 Å². The zero-order chi connectivity index (χ0) is 13.2. The van der Waals surface area contributed by atoms with Gasteiger partial charge in [-0.05, 0) is 12.5 Å². The van der Waals surface area contributed by atoms with Crippen molar-refractivity contribution in [2.24, 2.45) is 5.73 Å². The molecule has 0 amide bonds. The monoisotopic (exact) mass is 246 g/mol. The summed E-state index contributed by atoms with van der Waals surface area (Å²) in [5.74, 6) is -0.975. The number of carboxylic acid groups (broad SMARTS) is 1. The molecule has 0 spiro atoms. The van der Waals surface area contributed by atoms with Gasteiger partial charge in [-0.15, -0.1) is 0 Å². The van der Waals surface area contributed by atoms with Crippen LogP contribution in [0.5, 0.6) is 0 Å². The summed E-state index contributed by atoms with van der Waals surface area (Å²) in [4.78, 5) is 16.9. The van der Waals surface area contributed by atoms with E-state index < -0.39 is 11.5 Å². The van der Waals surface area contributed by atoms with E-state index in [9.17, 15) is 4.79 Å². The van der Waals surface area contributed by atoms with Crippen LogP contribution < -0.4 is 5.73 Å². The van der Waals surface area contributed by atoms with Crippen LogP contribution in [0.15, 0.2) is 18.3 Å². The SMILES string of the molecule is N#Cc1ncccc1CN1CCC(N)(C(=O)O)C1. The minimum Gasteiger partial charge on any atom is -0.480 e. The van der Waals surface area contributed by atoms with Gasteiger partial charge in [0.1, 0.15) is 17.3 Å². The molecule has 1 saturated heterocycles. The molecule has 1 unspecified atom stereocenters. The Morgan fingerprint density at radius 3 is 3.11 bits per heavy atom. The molecule has 0 radical (unpaired) electrons. The predicted molar refractivity (Wildman–Crippen MR) is 63.4 cm³/mol. The van der Waals surface area contributed by atoms with Crippen LogP contribution in [0.3, 0.4) is 0 Å². The van der Waals surface area contributed by atoms with Crippen molar-refractivity contribution in [2.75, 3.05) is 13.1 Å². The lowest BCUT2D eigenvalue weighted by Crippen LogP contribution is -2.50. The van der Waals surface area contributed by atoms with Crippen LogP contribution in [0.1, 0.15) is 17.7 Å². The quantitative estimate of drug-likeness (QED) is 0.774. The summed E-state index contributed by atoms with van der Waals surface area (Å²) in [5, 5.41) is 18.0. The Morgan fingerprint density at radius 1 is 1.72 bits per heavy atom. The van der Waals surface area contributed by atoms with Gasteiger partial charge in [-0.1, -0.05) is 6.07 Å². The van der Waals surface area contributed by atoms with E-state index in [0.29, 0.717) is 31.7 Å². The molecule has 2 heterocycles. The Kier molecular flexibility index (Phi) is 3.28. The summed E-state index contributed by atoms with van der Waals surface area (Å²) in [7, 11) is 0. The molecule has 1 atom stereocenters. The first-order valence-corrected chi connectivity index (χ1v) is 5.64. The molecular formula is C12H14N4O2. The van der Waals surface area contributed by atoms with E-state index in [1.165, 1.54) is 0 Å². The summed E-state index contributed by atoms with van der Waals surface area (Å²) in [5.41, 5.74) is 5.80. The third kappa shape index (κ3) is 2.32. The van der Waals surface area contributed by atoms with Gasteiger partial charge in [-0.2, -0.15) is 5.26 Å². The van der Waals surface area contributed by atoms with Crippen LogP contribution in [0.25, 0.3) is 0 Å². The number of aromatic nitrogens is 1. The molecule has 1 fully saturated rings. The van der Waals surface area contributed by atoms with Crippen LogP contribution in [-0.4, -0.2) is 39.6 Å². The molecule has 18 heavy (non-hydrogen) atoms. The molecular weight excluding hydrogens is 232 g/mol. The molecule has 0 aliphatic carbocycles. The maximum Gasteiger partial charge on any atom is 0.325 e. The summed E-state index contributed by atoms with van der Waals surface area (Å²) < 4.78 is 0. The van der Waals surface area contributed by atoms with E-state index in [-0.39, 0.29) is 0 Å². The van der Waals surface area contributed by atoms with E-state index in [4.69, 9.17) is 16.1 Å². The van der Waals surface area contributed by atoms with Gasteiger partial charge in [0.2, 0.25) is 0 Å². The first-order valence-electron chi connectivity index (χ1n) is 5.64. The molecule has 0 bridgehead atoms. The summed E-state index contributed by atoms with van der Waals surface area (Å²) in [6.45, 7) is 1.41. The van der Waals surface area contributed by atoms with Gasteiger partial charge in [0.25, 0.3) is 0 Å². The van der Waals surface area contributed by atoms with Gasteiger partial charge in [0.15, 0.2) is 0 Å². The van der Waals surface area contributed by atoms with Gasteiger partial charge >= 0.3 is 5.97 Å². The summed E-state index contributed by atoms with van der Waals surface area (Å²) in [6, 6.07) is 5.61. The average molecular weight is 246 g/mol. The topological polar surface area (TPSA) is 103 Å². The second-order valence-corrected chi connectivity index (χ2v) is 4.54. The van der Waals surface area contributed by atoms with E-state index in [1.54, 1.807) is 12.3 Å². The van der Waals surface area contributed by atoms with Crippen molar-refractivity contribution in [3.63, 3.8) is 0 Å². The standard InChI is InChI=1S/C12H14N4O2/c13-6-10-9(2-1-4-15-10)7-16-5-3-12(14,8-16)11(17)18/h1-2,4H,3,5,7-8,14H2,(H,17,18). The summed E-state index contributed by atoms with van der Waals surface area (Å²) in [6.07, 6.45) is 1.99. The average Bonchev–Trinajstić information content (AvgIpc) is 2.73. The van der Waals surface area contributed by atoms with Crippen molar-refractivity contribution in [1.82, 2.24) is 9.88 Å². The van der Waals surface area contributed by atoms with E-state index >= 15 is 0 Å².